The minimum atomic E-state index is -0.129. The number of amides is 2. The number of hydrogen-bond acceptors (Lipinski definition) is 3. The first-order valence-electron chi connectivity index (χ1n) is 8.03. The Morgan fingerprint density at radius 1 is 1.04 bits per heavy atom. The van der Waals surface area contributed by atoms with Crippen molar-refractivity contribution in [3.8, 4) is 11.1 Å². The Morgan fingerprint density at radius 3 is 2.46 bits per heavy atom. The van der Waals surface area contributed by atoms with Gasteiger partial charge in [0, 0.05) is 25.2 Å². The van der Waals surface area contributed by atoms with E-state index in [0.717, 1.165) is 11.1 Å². The molecule has 0 saturated carbocycles. The van der Waals surface area contributed by atoms with Crippen LogP contribution in [-0.2, 0) is 9.53 Å². The van der Waals surface area contributed by atoms with Crippen LogP contribution >= 0.6 is 0 Å². The van der Waals surface area contributed by atoms with Crippen LogP contribution in [0.3, 0.4) is 0 Å². The second-order valence-electron chi connectivity index (χ2n) is 5.63. The highest BCUT2D eigenvalue weighted by Crippen LogP contribution is 2.19. The standard InChI is InChI=1S/C19H20N2O3/c22-18-14-24-13-12-21(18)11-10-20-19(23)17-8-6-16(7-9-17)15-4-2-1-3-5-15/h1-9H,10-14H2,(H,20,23). The number of ether oxygens (including phenoxy) is 1. The Hall–Kier alpha value is -2.66. The zero-order valence-corrected chi connectivity index (χ0v) is 13.4. The molecule has 2 amide bonds. The van der Waals surface area contributed by atoms with Crippen molar-refractivity contribution in [1.82, 2.24) is 10.2 Å². The van der Waals surface area contributed by atoms with E-state index in [-0.39, 0.29) is 18.4 Å². The number of rotatable bonds is 5. The highest BCUT2D eigenvalue weighted by atomic mass is 16.5. The zero-order valence-electron chi connectivity index (χ0n) is 13.4. The van der Waals surface area contributed by atoms with Crippen molar-refractivity contribution in [2.45, 2.75) is 0 Å². The smallest absolute Gasteiger partial charge is 0.251 e. The van der Waals surface area contributed by atoms with Gasteiger partial charge in [0.05, 0.1) is 6.61 Å². The van der Waals surface area contributed by atoms with E-state index < -0.39 is 0 Å². The summed E-state index contributed by atoms with van der Waals surface area (Å²) in [6.07, 6.45) is 0. The van der Waals surface area contributed by atoms with Crippen molar-refractivity contribution in [3.05, 3.63) is 60.2 Å². The summed E-state index contributed by atoms with van der Waals surface area (Å²) in [5.74, 6) is -0.155. The van der Waals surface area contributed by atoms with Crippen LogP contribution in [0.15, 0.2) is 54.6 Å². The van der Waals surface area contributed by atoms with Gasteiger partial charge in [0.25, 0.3) is 5.91 Å². The van der Waals surface area contributed by atoms with Crippen molar-refractivity contribution in [3.63, 3.8) is 0 Å². The highest BCUT2D eigenvalue weighted by Gasteiger charge is 2.18. The Labute approximate surface area is 141 Å². The first kappa shape index (κ1) is 16.2. The third-order valence-corrected chi connectivity index (χ3v) is 4.01. The third kappa shape index (κ3) is 4.00. The lowest BCUT2D eigenvalue weighted by Gasteiger charge is -2.26. The van der Waals surface area contributed by atoms with Gasteiger partial charge < -0.3 is 15.0 Å². The van der Waals surface area contributed by atoms with Gasteiger partial charge in [0.2, 0.25) is 5.91 Å². The van der Waals surface area contributed by atoms with Crippen molar-refractivity contribution in [2.75, 3.05) is 32.8 Å². The monoisotopic (exact) mass is 324 g/mol. The summed E-state index contributed by atoms with van der Waals surface area (Å²) in [5, 5.41) is 2.85. The first-order chi connectivity index (χ1) is 11.7. The lowest BCUT2D eigenvalue weighted by atomic mass is 10.0. The maximum Gasteiger partial charge on any atom is 0.251 e. The SMILES string of the molecule is O=C(NCCN1CCOCC1=O)c1ccc(-c2ccccc2)cc1. The quantitative estimate of drug-likeness (QED) is 0.914. The van der Waals surface area contributed by atoms with E-state index in [2.05, 4.69) is 5.32 Å². The Kier molecular flexibility index (Phi) is 5.23. The van der Waals surface area contributed by atoms with Gasteiger partial charge in [-0.25, -0.2) is 0 Å². The molecular weight excluding hydrogens is 304 g/mol. The van der Waals surface area contributed by atoms with E-state index >= 15 is 0 Å². The molecule has 2 aromatic carbocycles. The van der Waals surface area contributed by atoms with Gasteiger partial charge >= 0.3 is 0 Å². The van der Waals surface area contributed by atoms with Crippen molar-refractivity contribution < 1.29 is 14.3 Å². The van der Waals surface area contributed by atoms with Crippen LogP contribution in [-0.4, -0.2) is 49.6 Å². The second-order valence-corrected chi connectivity index (χ2v) is 5.63. The van der Waals surface area contributed by atoms with E-state index in [1.807, 2.05) is 54.6 Å². The maximum atomic E-state index is 12.2. The third-order valence-electron chi connectivity index (χ3n) is 4.01. The molecule has 1 fully saturated rings. The molecule has 0 unspecified atom stereocenters. The molecule has 3 rings (SSSR count). The van der Waals surface area contributed by atoms with Crippen LogP contribution in [0.25, 0.3) is 11.1 Å². The fourth-order valence-electron chi connectivity index (χ4n) is 2.64. The molecule has 0 spiro atoms. The number of hydrogen-bond donors (Lipinski definition) is 1. The molecular formula is C19H20N2O3. The molecule has 24 heavy (non-hydrogen) atoms. The summed E-state index contributed by atoms with van der Waals surface area (Å²) < 4.78 is 5.08. The average Bonchev–Trinajstić information content (AvgIpc) is 2.64. The molecule has 0 atom stereocenters. The lowest BCUT2D eigenvalue weighted by Crippen LogP contribution is -2.45. The molecule has 1 saturated heterocycles. The largest absolute Gasteiger partial charge is 0.370 e. The van der Waals surface area contributed by atoms with Gasteiger partial charge in [-0.05, 0) is 23.3 Å². The summed E-state index contributed by atoms with van der Waals surface area (Å²) in [5.41, 5.74) is 2.81. The predicted octanol–water partition coefficient (Wildman–Crippen LogP) is 1.94. The second kappa shape index (κ2) is 7.75. The number of carbonyl (C=O) groups excluding carboxylic acids is 2. The first-order valence-corrected chi connectivity index (χ1v) is 8.03. The Bertz CT molecular complexity index is 698. The number of carbonyl (C=O) groups is 2. The maximum absolute atomic E-state index is 12.2. The van der Waals surface area contributed by atoms with E-state index in [0.29, 0.717) is 31.8 Å². The van der Waals surface area contributed by atoms with E-state index in [9.17, 15) is 9.59 Å². The minimum Gasteiger partial charge on any atom is -0.370 e. The fraction of sp³-hybridized carbons (Fsp3) is 0.263. The normalized spacial score (nSPS) is 14.5. The number of nitrogens with one attached hydrogen (secondary N) is 1. The van der Waals surface area contributed by atoms with Crippen molar-refractivity contribution in [1.29, 1.82) is 0 Å². The molecule has 0 aromatic heterocycles. The van der Waals surface area contributed by atoms with Gasteiger partial charge in [-0.15, -0.1) is 0 Å². The summed E-state index contributed by atoms with van der Waals surface area (Å²) in [6.45, 7) is 2.22. The highest BCUT2D eigenvalue weighted by molar-refractivity contribution is 5.94. The minimum absolute atomic E-state index is 0.0253. The molecule has 124 valence electrons. The average molecular weight is 324 g/mol. The number of nitrogens with zero attached hydrogens (tertiary/aromatic N) is 1. The molecule has 5 nitrogen and oxygen atoms in total. The predicted molar refractivity (Wildman–Crippen MR) is 91.6 cm³/mol. The fourth-order valence-corrected chi connectivity index (χ4v) is 2.64. The van der Waals surface area contributed by atoms with Gasteiger partial charge in [-0.1, -0.05) is 42.5 Å². The Balaban J connectivity index is 1.53. The van der Waals surface area contributed by atoms with Gasteiger partial charge in [-0.2, -0.15) is 0 Å². The van der Waals surface area contributed by atoms with Crippen LogP contribution in [0.5, 0.6) is 0 Å². The van der Waals surface area contributed by atoms with Crippen LogP contribution < -0.4 is 5.32 Å². The van der Waals surface area contributed by atoms with Crippen LogP contribution in [0.1, 0.15) is 10.4 Å². The van der Waals surface area contributed by atoms with E-state index in [1.54, 1.807) is 4.90 Å². The van der Waals surface area contributed by atoms with Crippen LogP contribution in [0.4, 0.5) is 0 Å². The molecule has 2 aromatic rings. The number of morpholine rings is 1. The molecule has 5 heteroatoms. The Morgan fingerprint density at radius 2 is 1.75 bits per heavy atom. The molecule has 1 aliphatic heterocycles. The van der Waals surface area contributed by atoms with E-state index in [4.69, 9.17) is 4.74 Å². The van der Waals surface area contributed by atoms with E-state index in [1.165, 1.54) is 0 Å². The van der Waals surface area contributed by atoms with Crippen molar-refractivity contribution in [2.24, 2.45) is 0 Å². The summed E-state index contributed by atoms with van der Waals surface area (Å²) in [6, 6.07) is 17.5. The summed E-state index contributed by atoms with van der Waals surface area (Å²) >= 11 is 0. The van der Waals surface area contributed by atoms with Gasteiger partial charge in [-0.3, -0.25) is 9.59 Å². The van der Waals surface area contributed by atoms with Crippen LogP contribution in [0, 0.1) is 0 Å². The lowest BCUT2D eigenvalue weighted by molar-refractivity contribution is -0.142. The molecule has 1 aliphatic rings. The van der Waals surface area contributed by atoms with Gasteiger partial charge in [0.1, 0.15) is 6.61 Å². The summed E-state index contributed by atoms with van der Waals surface area (Å²) in [4.78, 5) is 25.5. The zero-order chi connectivity index (χ0) is 16.8. The molecule has 1 N–H and O–H groups in total. The van der Waals surface area contributed by atoms with Gasteiger partial charge in [0.15, 0.2) is 0 Å². The topological polar surface area (TPSA) is 58.6 Å². The molecule has 1 heterocycles. The van der Waals surface area contributed by atoms with Crippen molar-refractivity contribution >= 4 is 11.8 Å². The molecule has 0 aliphatic carbocycles. The molecule has 0 radical (unpaired) electrons. The number of benzene rings is 2. The summed E-state index contributed by atoms with van der Waals surface area (Å²) in [7, 11) is 0. The van der Waals surface area contributed by atoms with Crippen LogP contribution in [0.2, 0.25) is 0 Å². The molecule has 0 bridgehead atoms.